The van der Waals surface area contributed by atoms with Gasteiger partial charge in [-0.3, -0.25) is 9.59 Å². The van der Waals surface area contributed by atoms with Crippen LogP contribution >= 0.6 is 23.4 Å². The van der Waals surface area contributed by atoms with Crippen molar-refractivity contribution in [3.8, 4) is 12.1 Å². The molecule has 0 saturated heterocycles. The lowest BCUT2D eigenvalue weighted by Gasteiger charge is -2.35. The molecule has 0 saturated carbocycles. The number of anilines is 1. The summed E-state index contributed by atoms with van der Waals surface area (Å²) in [7, 11) is 0. The lowest BCUT2D eigenvalue weighted by atomic mass is 9.72. The molecule has 140 valence electrons. The van der Waals surface area contributed by atoms with Crippen molar-refractivity contribution < 1.29 is 14.0 Å². The van der Waals surface area contributed by atoms with E-state index < -0.39 is 34.2 Å². The van der Waals surface area contributed by atoms with Gasteiger partial charge in [-0.1, -0.05) is 37.2 Å². The number of allylic oxidation sites excluding steroid dienone is 1. The second-order valence-electron chi connectivity index (χ2n) is 6.46. The number of carbonyl (C=O) groups is 2. The lowest BCUT2D eigenvalue weighted by Crippen LogP contribution is -2.45. The van der Waals surface area contributed by atoms with E-state index in [1.807, 2.05) is 12.1 Å². The third-order valence-electron chi connectivity index (χ3n) is 4.19. The van der Waals surface area contributed by atoms with Crippen LogP contribution in [0.3, 0.4) is 0 Å². The minimum atomic E-state index is -1.00. The van der Waals surface area contributed by atoms with Crippen LogP contribution in [-0.2, 0) is 9.59 Å². The van der Waals surface area contributed by atoms with E-state index in [0.29, 0.717) is 0 Å². The van der Waals surface area contributed by atoms with Gasteiger partial charge in [0.15, 0.2) is 0 Å². The van der Waals surface area contributed by atoms with E-state index in [0.717, 1.165) is 17.8 Å². The molecule has 1 aromatic rings. The molecular formula is C18H16ClFN4O2S. The van der Waals surface area contributed by atoms with Crippen molar-refractivity contribution in [1.29, 1.82) is 10.5 Å². The van der Waals surface area contributed by atoms with Crippen molar-refractivity contribution in [2.45, 2.75) is 26.0 Å². The topological polar surface area (TPSA) is 106 Å². The van der Waals surface area contributed by atoms with E-state index in [-0.39, 0.29) is 21.3 Å². The van der Waals surface area contributed by atoms with E-state index in [4.69, 9.17) is 11.6 Å². The first kappa shape index (κ1) is 20.8. The number of amides is 2. The predicted molar refractivity (Wildman–Crippen MR) is 101 cm³/mol. The molecule has 2 amide bonds. The van der Waals surface area contributed by atoms with Crippen LogP contribution in [0.1, 0.15) is 20.8 Å². The maximum Gasteiger partial charge on any atom is 0.243 e. The molecule has 2 N–H and O–H groups in total. The van der Waals surface area contributed by atoms with Gasteiger partial charge in [-0.2, -0.15) is 10.5 Å². The van der Waals surface area contributed by atoms with Gasteiger partial charge in [0, 0.05) is 5.41 Å². The summed E-state index contributed by atoms with van der Waals surface area (Å²) in [6.45, 7) is 4.87. The zero-order valence-corrected chi connectivity index (χ0v) is 16.3. The highest BCUT2D eigenvalue weighted by Crippen LogP contribution is 2.42. The Labute approximate surface area is 165 Å². The van der Waals surface area contributed by atoms with Gasteiger partial charge in [0.2, 0.25) is 11.8 Å². The first-order chi connectivity index (χ1) is 12.6. The quantitative estimate of drug-likeness (QED) is 0.795. The van der Waals surface area contributed by atoms with E-state index in [2.05, 4.69) is 10.6 Å². The number of nitrogens with zero attached hydrogens (tertiary/aromatic N) is 2. The van der Waals surface area contributed by atoms with Crippen LogP contribution < -0.4 is 10.6 Å². The number of thioether (sulfide) groups is 1. The summed E-state index contributed by atoms with van der Waals surface area (Å²) >= 11 is 6.90. The number of hydrogen-bond acceptors (Lipinski definition) is 5. The predicted octanol–water partition coefficient (Wildman–Crippen LogP) is 3.57. The first-order valence-corrected chi connectivity index (χ1v) is 9.15. The summed E-state index contributed by atoms with van der Waals surface area (Å²) in [5.41, 5.74) is -0.495. The van der Waals surface area contributed by atoms with Crippen LogP contribution in [0.2, 0.25) is 5.02 Å². The number of nitrogens with one attached hydrogen (secondary N) is 2. The van der Waals surface area contributed by atoms with Gasteiger partial charge in [0.25, 0.3) is 0 Å². The van der Waals surface area contributed by atoms with Gasteiger partial charge in [-0.15, -0.1) is 0 Å². The highest BCUT2D eigenvalue weighted by Gasteiger charge is 2.45. The number of benzene rings is 1. The molecule has 0 radical (unpaired) electrons. The Morgan fingerprint density at radius 1 is 1.44 bits per heavy atom. The molecule has 2 rings (SSSR count). The smallest absolute Gasteiger partial charge is 0.243 e. The van der Waals surface area contributed by atoms with Gasteiger partial charge in [-0.25, -0.2) is 4.39 Å². The van der Waals surface area contributed by atoms with Gasteiger partial charge in [0.1, 0.15) is 11.7 Å². The summed E-state index contributed by atoms with van der Waals surface area (Å²) < 4.78 is 13.1. The molecular weight excluding hydrogens is 391 g/mol. The normalized spacial score (nSPS) is 19.5. The second kappa shape index (κ2) is 7.99. The Bertz CT molecular complexity index is 917. The Balaban J connectivity index is 2.23. The zero-order valence-electron chi connectivity index (χ0n) is 14.8. The van der Waals surface area contributed by atoms with Crippen LogP contribution in [0.4, 0.5) is 10.1 Å². The average molecular weight is 407 g/mol. The summed E-state index contributed by atoms with van der Waals surface area (Å²) in [5, 5.41) is 23.5. The molecule has 1 aliphatic heterocycles. The van der Waals surface area contributed by atoms with Crippen molar-refractivity contribution in [3.63, 3.8) is 0 Å². The number of rotatable bonds is 4. The highest BCUT2D eigenvalue weighted by atomic mass is 35.5. The number of nitriles is 2. The molecule has 0 aliphatic carbocycles. The number of carbonyl (C=O) groups excluding carboxylic acids is 2. The molecule has 0 spiro atoms. The fourth-order valence-corrected chi connectivity index (χ4v) is 3.89. The van der Waals surface area contributed by atoms with E-state index in [1.54, 1.807) is 20.8 Å². The van der Waals surface area contributed by atoms with Crippen LogP contribution in [0.5, 0.6) is 0 Å². The minimum Gasteiger partial charge on any atom is -0.324 e. The second-order valence-corrected chi connectivity index (χ2v) is 8.22. The van der Waals surface area contributed by atoms with Gasteiger partial charge >= 0.3 is 0 Å². The Hall–Kier alpha value is -2.55. The van der Waals surface area contributed by atoms with Gasteiger partial charge < -0.3 is 10.6 Å². The third-order valence-corrected chi connectivity index (χ3v) is 5.61. The van der Waals surface area contributed by atoms with Crippen LogP contribution in [-0.4, -0.2) is 17.1 Å². The third kappa shape index (κ3) is 4.24. The van der Waals surface area contributed by atoms with Gasteiger partial charge in [0.05, 0.1) is 38.7 Å². The molecule has 9 heteroatoms. The molecule has 2 atom stereocenters. The maximum atomic E-state index is 13.1. The molecule has 1 aromatic carbocycles. The highest BCUT2D eigenvalue weighted by molar-refractivity contribution is 8.04. The Morgan fingerprint density at radius 3 is 2.67 bits per heavy atom. The molecule has 0 unspecified atom stereocenters. The summed E-state index contributed by atoms with van der Waals surface area (Å²) in [6, 6.07) is 7.55. The summed E-state index contributed by atoms with van der Waals surface area (Å²) in [4.78, 5) is 24.6. The van der Waals surface area contributed by atoms with Crippen molar-refractivity contribution in [1.82, 2.24) is 5.32 Å². The van der Waals surface area contributed by atoms with E-state index in [1.165, 1.54) is 12.1 Å². The monoisotopic (exact) mass is 406 g/mol. The number of hydrogen-bond donors (Lipinski definition) is 2. The SMILES string of the molecule is C[C@H](SC1=C(C#N)C(C)(C)[C@@H](C#N)C(=O)N1)C(=O)Nc1ccc(F)cc1Cl. The van der Waals surface area contributed by atoms with Crippen molar-refractivity contribution in [3.05, 3.63) is 39.6 Å². The zero-order chi connectivity index (χ0) is 20.4. The lowest BCUT2D eigenvalue weighted by molar-refractivity contribution is -0.125. The molecule has 1 heterocycles. The molecule has 0 fully saturated rings. The molecule has 0 aromatic heterocycles. The summed E-state index contributed by atoms with van der Waals surface area (Å²) in [6.07, 6.45) is 0. The van der Waals surface area contributed by atoms with E-state index >= 15 is 0 Å². The largest absolute Gasteiger partial charge is 0.324 e. The fraction of sp³-hybridized carbons (Fsp3) is 0.333. The minimum absolute atomic E-state index is 0.0569. The molecule has 1 aliphatic rings. The Kier molecular flexibility index (Phi) is 6.15. The van der Waals surface area contributed by atoms with Crippen LogP contribution in [0.25, 0.3) is 0 Å². The van der Waals surface area contributed by atoms with Crippen molar-refractivity contribution >= 4 is 40.9 Å². The summed E-state index contributed by atoms with van der Waals surface area (Å²) in [5.74, 6) is -2.48. The fourth-order valence-electron chi connectivity index (χ4n) is 2.57. The molecule has 6 nitrogen and oxygen atoms in total. The molecule has 27 heavy (non-hydrogen) atoms. The van der Waals surface area contributed by atoms with Gasteiger partial charge in [-0.05, 0) is 25.1 Å². The Morgan fingerprint density at radius 2 is 2.11 bits per heavy atom. The van der Waals surface area contributed by atoms with Crippen LogP contribution in [0.15, 0.2) is 28.8 Å². The standard InChI is InChI=1S/C18H16ClFN4O2S/c1-9(15(25)23-14-5-4-10(20)6-13(14)19)27-17-12(8-22)18(2,3)11(7-21)16(26)24-17/h4-6,9,11H,1-3H3,(H,23,25)(H,24,26)/t9-,11-/m0/s1. The van der Waals surface area contributed by atoms with Crippen molar-refractivity contribution in [2.24, 2.45) is 11.3 Å². The molecule has 0 bridgehead atoms. The van der Waals surface area contributed by atoms with Crippen LogP contribution in [0, 0.1) is 39.8 Å². The van der Waals surface area contributed by atoms with E-state index in [9.17, 15) is 24.5 Å². The van der Waals surface area contributed by atoms with Crippen molar-refractivity contribution in [2.75, 3.05) is 5.32 Å². The average Bonchev–Trinajstić information content (AvgIpc) is 2.56. The maximum absolute atomic E-state index is 13.1. The first-order valence-electron chi connectivity index (χ1n) is 7.89. The number of halogens is 2.